The number of hydrogen-bond donors (Lipinski definition) is 2. The Balaban J connectivity index is 2.47. The minimum atomic E-state index is -0.128. The van der Waals surface area contributed by atoms with E-state index in [1.165, 1.54) is 0 Å². The summed E-state index contributed by atoms with van der Waals surface area (Å²) in [7, 11) is 0. The molecule has 0 radical (unpaired) electrons. The van der Waals surface area contributed by atoms with Crippen LogP contribution in [0.15, 0.2) is 12.2 Å². The van der Waals surface area contributed by atoms with Gasteiger partial charge >= 0.3 is 0 Å². The summed E-state index contributed by atoms with van der Waals surface area (Å²) >= 11 is 0. The lowest BCUT2D eigenvalue weighted by Gasteiger charge is -2.39. The fourth-order valence-corrected chi connectivity index (χ4v) is 1.83. The van der Waals surface area contributed by atoms with Gasteiger partial charge in [0.2, 0.25) is 5.91 Å². The summed E-state index contributed by atoms with van der Waals surface area (Å²) < 4.78 is 0. The molecule has 1 aliphatic rings. The van der Waals surface area contributed by atoms with Gasteiger partial charge in [-0.1, -0.05) is 12.2 Å². The van der Waals surface area contributed by atoms with Crippen molar-refractivity contribution < 1.29 is 4.79 Å². The zero-order valence-electron chi connectivity index (χ0n) is 9.26. The molecule has 1 fully saturated rings. The van der Waals surface area contributed by atoms with Gasteiger partial charge in [0, 0.05) is 24.5 Å². The van der Waals surface area contributed by atoms with Crippen molar-refractivity contribution >= 4 is 5.91 Å². The Morgan fingerprint density at radius 1 is 1.64 bits per heavy atom. The molecule has 3 heteroatoms. The highest BCUT2D eigenvalue weighted by Gasteiger charge is 2.34. The number of nitrogens with one attached hydrogen (secondary N) is 2. The van der Waals surface area contributed by atoms with E-state index < -0.39 is 0 Å². The SMILES string of the molecule is C/C=C/CNC1CCC(=O)NC1(C)C. The van der Waals surface area contributed by atoms with Crippen molar-refractivity contribution in [3.8, 4) is 0 Å². The average molecular weight is 196 g/mol. The lowest BCUT2D eigenvalue weighted by molar-refractivity contribution is -0.125. The van der Waals surface area contributed by atoms with E-state index in [0.29, 0.717) is 12.5 Å². The van der Waals surface area contributed by atoms with Crippen molar-refractivity contribution in [1.82, 2.24) is 10.6 Å². The Hall–Kier alpha value is -0.830. The summed E-state index contributed by atoms with van der Waals surface area (Å²) in [6.45, 7) is 7.02. The maximum Gasteiger partial charge on any atom is 0.220 e. The van der Waals surface area contributed by atoms with Crippen LogP contribution in [0.25, 0.3) is 0 Å². The zero-order valence-corrected chi connectivity index (χ0v) is 9.26. The quantitative estimate of drug-likeness (QED) is 0.666. The van der Waals surface area contributed by atoms with Gasteiger partial charge in [-0.2, -0.15) is 0 Å². The third-order valence-electron chi connectivity index (χ3n) is 2.71. The molecular formula is C11H20N2O. The van der Waals surface area contributed by atoms with E-state index >= 15 is 0 Å². The molecule has 3 nitrogen and oxygen atoms in total. The topological polar surface area (TPSA) is 41.1 Å². The fourth-order valence-electron chi connectivity index (χ4n) is 1.83. The molecule has 0 aromatic rings. The van der Waals surface area contributed by atoms with Crippen LogP contribution in [0.4, 0.5) is 0 Å². The van der Waals surface area contributed by atoms with E-state index in [1.807, 2.05) is 13.0 Å². The fraction of sp³-hybridized carbons (Fsp3) is 0.727. The Kier molecular flexibility index (Phi) is 3.69. The van der Waals surface area contributed by atoms with Crippen LogP contribution >= 0.6 is 0 Å². The molecular weight excluding hydrogens is 176 g/mol. The molecule has 0 spiro atoms. The van der Waals surface area contributed by atoms with Gasteiger partial charge in [0.25, 0.3) is 0 Å². The molecule has 2 N–H and O–H groups in total. The van der Waals surface area contributed by atoms with Crippen LogP contribution in [0.2, 0.25) is 0 Å². The molecule has 1 unspecified atom stereocenters. The molecule has 0 aromatic carbocycles. The van der Waals surface area contributed by atoms with Crippen LogP contribution in [0.1, 0.15) is 33.6 Å². The first-order valence-electron chi connectivity index (χ1n) is 5.22. The second kappa shape index (κ2) is 4.60. The van der Waals surface area contributed by atoms with Gasteiger partial charge in [-0.05, 0) is 27.2 Å². The van der Waals surface area contributed by atoms with Gasteiger partial charge in [-0.25, -0.2) is 0 Å². The van der Waals surface area contributed by atoms with Crippen LogP contribution in [0.3, 0.4) is 0 Å². The molecule has 1 heterocycles. The first-order chi connectivity index (χ1) is 6.56. The maximum absolute atomic E-state index is 11.2. The van der Waals surface area contributed by atoms with Crippen molar-refractivity contribution in [2.75, 3.05) is 6.54 Å². The average Bonchev–Trinajstić information content (AvgIpc) is 2.08. The van der Waals surface area contributed by atoms with E-state index in [2.05, 4.69) is 30.6 Å². The molecule has 1 amide bonds. The Morgan fingerprint density at radius 2 is 2.36 bits per heavy atom. The normalized spacial score (nSPS) is 26.5. The third kappa shape index (κ3) is 2.84. The highest BCUT2D eigenvalue weighted by molar-refractivity contribution is 5.77. The summed E-state index contributed by atoms with van der Waals surface area (Å²) in [6.07, 6.45) is 5.68. The zero-order chi connectivity index (χ0) is 10.6. The van der Waals surface area contributed by atoms with Gasteiger partial charge < -0.3 is 10.6 Å². The number of amides is 1. The van der Waals surface area contributed by atoms with Gasteiger partial charge in [0.05, 0.1) is 0 Å². The first kappa shape index (κ1) is 11.2. The highest BCUT2D eigenvalue weighted by Crippen LogP contribution is 2.19. The predicted molar refractivity (Wildman–Crippen MR) is 58.1 cm³/mol. The largest absolute Gasteiger partial charge is 0.350 e. The van der Waals surface area contributed by atoms with E-state index in [4.69, 9.17) is 0 Å². The molecule has 0 saturated carbocycles. The lowest BCUT2D eigenvalue weighted by atomic mass is 9.87. The van der Waals surface area contributed by atoms with Gasteiger partial charge in [0.15, 0.2) is 0 Å². The maximum atomic E-state index is 11.2. The van der Waals surface area contributed by atoms with Crippen LogP contribution < -0.4 is 10.6 Å². The summed E-state index contributed by atoms with van der Waals surface area (Å²) in [5.74, 6) is 0.166. The summed E-state index contributed by atoms with van der Waals surface area (Å²) in [4.78, 5) is 11.2. The second-order valence-electron chi connectivity index (χ2n) is 4.34. The van der Waals surface area contributed by atoms with Crippen molar-refractivity contribution in [2.24, 2.45) is 0 Å². The number of hydrogen-bond acceptors (Lipinski definition) is 2. The number of piperidine rings is 1. The van der Waals surface area contributed by atoms with Crippen LogP contribution in [0.5, 0.6) is 0 Å². The van der Waals surface area contributed by atoms with E-state index in [0.717, 1.165) is 13.0 Å². The van der Waals surface area contributed by atoms with Crippen LogP contribution in [-0.2, 0) is 4.79 Å². The number of allylic oxidation sites excluding steroid dienone is 1. The third-order valence-corrected chi connectivity index (χ3v) is 2.71. The highest BCUT2D eigenvalue weighted by atomic mass is 16.1. The first-order valence-corrected chi connectivity index (χ1v) is 5.22. The Labute approximate surface area is 86.0 Å². The summed E-state index contributed by atoms with van der Waals surface area (Å²) in [5, 5.41) is 6.44. The molecule has 0 bridgehead atoms. The smallest absolute Gasteiger partial charge is 0.220 e. The van der Waals surface area contributed by atoms with Crippen molar-refractivity contribution in [3.63, 3.8) is 0 Å². The van der Waals surface area contributed by atoms with E-state index in [9.17, 15) is 4.79 Å². The van der Waals surface area contributed by atoms with E-state index in [-0.39, 0.29) is 11.4 Å². The molecule has 0 aromatic heterocycles. The Bertz CT molecular complexity index is 233. The van der Waals surface area contributed by atoms with Crippen molar-refractivity contribution in [1.29, 1.82) is 0 Å². The number of carbonyl (C=O) groups excluding carboxylic acids is 1. The number of rotatable bonds is 3. The van der Waals surface area contributed by atoms with Gasteiger partial charge in [0.1, 0.15) is 0 Å². The Morgan fingerprint density at radius 3 is 2.93 bits per heavy atom. The number of carbonyl (C=O) groups is 1. The summed E-state index contributed by atoms with van der Waals surface area (Å²) in [6, 6.07) is 0.372. The molecule has 1 saturated heterocycles. The molecule has 14 heavy (non-hydrogen) atoms. The minimum absolute atomic E-state index is 0.128. The second-order valence-corrected chi connectivity index (χ2v) is 4.34. The monoisotopic (exact) mass is 196 g/mol. The molecule has 1 atom stereocenters. The summed E-state index contributed by atoms with van der Waals surface area (Å²) in [5.41, 5.74) is -0.128. The van der Waals surface area contributed by atoms with Crippen molar-refractivity contribution in [2.45, 2.75) is 45.2 Å². The van der Waals surface area contributed by atoms with E-state index in [1.54, 1.807) is 0 Å². The van der Waals surface area contributed by atoms with Crippen LogP contribution in [-0.4, -0.2) is 24.0 Å². The predicted octanol–water partition coefficient (Wildman–Crippen LogP) is 1.21. The lowest BCUT2D eigenvalue weighted by Crippen LogP contribution is -2.61. The molecule has 1 aliphatic heterocycles. The molecule has 1 rings (SSSR count). The van der Waals surface area contributed by atoms with Crippen LogP contribution in [0, 0.1) is 0 Å². The van der Waals surface area contributed by atoms with Gasteiger partial charge in [-0.3, -0.25) is 4.79 Å². The minimum Gasteiger partial charge on any atom is -0.350 e. The molecule has 0 aliphatic carbocycles. The van der Waals surface area contributed by atoms with Crippen molar-refractivity contribution in [3.05, 3.63) is 12.2 Å². The standard InChI is InChI=1S/C11H20N2O/c1-4-5-8-12-9-6-7-10(14)13-11(9,2)3/h4-5,9,12H,6-8H2,1-3H3,(H,13,14)/b5-4+. The molecule has 80 valence electrons. The van der Waals surface area contributed by atoms with Gasteiger partial charge in [-0.15, -0.1) is 0 Å².